The predicted molar refractivity (Wildman–Crippen MR) is 93.7 cm³/mol. The Kier molecular flexibility index (Phi) is 5.38. The number of hydrogen-bond acceptors (Lipinski definition) is 4. The molecule has 0 atom stereocenters. The van der Waals surface area contributed by atoms with Gasteiger partial charge in [-0.25, -0.2) is 4.39 Å². The number of para-hydroxylation sites is 1. The molecule has 1 amide bonds. The van der Waals surface area contributed by atoms with Crippen molar-refractivity contribution in [3.63, 3.8) is 0 Å². The Morgan fingerprint density at radius 1 is 1.00 bits per heavy atom. The van der Waals surface area contributed by atoms with Gasteiger partial charge in [0.2, 0.25) is 0 Å². The van der Waals surface area contributed by atoms with Crippen LogP contribution in [0.25, 0.3) is 0 Å². The highest BCUT2D eigenvalue weighted by Gasteiger charge is 2.22. The minimum absolute atomic E-state index is 0.00791. The summed E-state index contributed by atoms with van der Waals surface area (Å²) in [4.78, 5) is 16.0. The standard InChI is InChI=1S/C19H21FN2O3/c1-24-15-6-8-16(9-7-15)25-14-19(23)22-12-10-21(11-13-22)18-5-3-2-4-17(18)20/h2-9H,10-14H2,1H3. The first-order valence-corrected chi connectivity index (χ1v) is 8.21. The van der Waals surface area contributed by atoms with Gasteiger partial charge in [0, 0.05) is 26.2 Å². The first-order valence-electron chi connectivity index (χ1n) is 8.21. The van der Waals surface area contributed by atoms with Crippen molar-refractivity contribution in [3.8, 4) is 11.5 Å². The molecular formula is C19H21FN2O3. The van der Waals surface area contributed by atoms with Gasteiger partial charge >= 0.3 is 0 Å². The molecular weight excluding hydrogens is 323 g/mol. The van der Waals surface area contributed by atoms with E-state index >= 15 is 0 Å². The highest BCUT2D eigenvalue weighted by atomic mass is 19.1. The zero-order valence-corrected chi connectivity index (χ0v) is 14.2. The third-order valence-corrected chi connectivity index (χ3v) is 4.25. The number of ether oxygens (including phenoxy) is 2. The molecule has 0 spiro atoms. The quantitative estimate of drug-likeness (QED) is 0.836. The van der Waals surface area contributed by atoms with Gasteiger partial charge in [0.05, 0.1) is 12.8 Å². The van der Waals surface area contributed by atoms with E-state index in [1.165, 1.54) is 6.07 Å². The van der Waals surface area contributed by atoms with Crippen LogP contribution in [0.1, 0.15) is 0 Å². The Bertz CT molecular complexity index is 713. The number of anilines is 1. The van der Waals surface area contributed by atoms with E-state index < -0.39 is 0 Å². The molecule has 1 aliphatic rings. The normalized spacial score (nSPS) is 14.3. The molecule has 0 N–H and O–H groups in total. The van der Waals surface area contributed by atoms with Gasteiger partial charge < -0.3 is 19.3 Å². The molecule has 3 rings (SSSR count). The Labute approximate surface area is 146 Å². The highest BCUT2D eigenvalue weighted by molar-refractivity contribution is 5.78. The number of carbonyl (C=O) groups excluding carboxylic acids is 1. The van der Waals surface area contributed by atoms with E-state index in [-0.39, 0.29) is 18.3 Å². The number of halogens is 1. The van der Waals surface area contributed by atoms with Crippen molar-refractivity contribution in [2.75, 3.05) is 44.8 Å². The molecule has 0 aliphatic carbocycles. The molecule has 25 heavy (non-hydrogen) atoms. The van der Waals surface area contributed by atoms with E-state index in [0.717, 1.165) is 5.75 Å². The number of carbonyl (C=O) groups is 1. The van der Waals surface area contributed by atoms with Crippen LogP contribution >= 0.6 is 0 Å². The van der Waals surface area contributed by atoms with Gasteiger partial charge in [0.25, 0.3) is 5.91 Å². The maximum atomic E-state index is 13.8. The fourth-order valence-electron chi connectivity index (χ4n) is 2.81. The summed E-state index contributed by atoms with van der Waals surface area (Å²) < 4.78 is 24.5. The number of amides is 1. The molecule has 0 aromatic heterocycles. The van der Waals surface area contributed by atoms with Gasteiger partial charge in [-0.15, -0.1) is 0 Å². The van der Waals surface area contributed by atoms with Crippen molar-refractivity contribution in [3.05, 3.63) is 54.3 Å². The van der Waals surface area contributed by atoms with E-state index in [0.29, 0.717) is 37.6 Å². The second-order valence-corrected chi connectivity index (χ2v) is 5.78. The van der Waals surface area contributed by atoms with Crippen molar-refractivity contribution < 1.29 is 18.7 Å². The summed E-state index contributed by atoms with van der Waals surface area (Å²) in [5.41, 5.74) is 0.587. The number of hydrogen-bond donors (Lipinski definition) is 0. The second kappa shape index (κ2) is 7.88. The Hall–Kier alpha value is -2.76. The third-order valence-electron chi connectivity index (χ3n) is 4.25. The average Bonchev–Trinajstić information content (AvgIpc) is 2.67. The van der Waals surface area contributed by atoms with Gasteiger partial charge in [-0.3, -0.25) is 4.79 Å². The minimum Gasteiger partial charge on any atom is -0.497 e. The molecule has 0 unspecified atom stereocenters. The van der Waals surface area contributed by atoms with Crippen LogP contribution in [0.5, 0.6) is 11.5 Å². The van der Waals surface area contributed by atoms with Gasteiger partial charge in [-0.1, -0.05) is 12.1 Å². The summed E-state index contributed by atoms with van der Waals surface area (Å²) in [6, 6.07) is 13.8. The molecule has 1 fully saturated rings. The molecule has 1 saturated heterocycles. The maximum absolute atomic E-state index is 13.8. The van der Waals surface area contributed by atoms with Crippen LogP contribution in [-0.2, 0) is 4.79 Å². The van der Waals surface area contributed by atoms with Gasteiger partial charge in [0.1, 0.15) is 17.3 Å². The number of nitrogens with zero attached hydrogens (tertiary/aromatic N) is 2. The summed E-state index contributed by atoms with van der Waals surface area (Å²) in [5, 5.41) is 0. The van der Waals surface area contributed by atoms with Crippen LogP contribution in [0.2, 0.25) is 0 Å². The van der Waals surface area contributed by atoms with E-state index in [9.17, 15) is 9.18 Å². The lowest BCUT2D eigenvalue weighted by Gasteiger charge is -2.36. The lowest BCUT2D eigenvalue weighted by atomic mass is 10.2. The Morgan fingerprint density at radius 3 is 2.28 bits per heavy atom. The smallest absolute Gasteiger partial charge is 0.260 e. The fourth-order valence-corrected chi connectivity index (χ4v) is 2.81. The van der Waals surface area contributed by atoms with Crippen molar-refractivity contribution in [2.45, 2.75) is 0 Å². The van der Waals surface area contributed by atoms with Crippen molar-refractivity contribution in [1.82, 2.24) is 4.90 Å². The zero-order chi connectivity index (χ0) is 17.6. The van der Waals surface area contributed by atoms with Gasteiger partial charge in [-0.2, -0.15) is 0 Å². The van der Waals surface area contributed by atoms with Gasteiger partial charge in [-0.05, 0) is 36.4 Å². The molecule has 5 nitrogen and oxygen atoms in total. The van der Waals surface area contributed by atoms with E-state index in [2.05, 4.69) is 0 Å². The first-order chi connectivity index (χ1) is 12.2. The largest absolute Gasteiger partial charge is 0.497 e. The number of rotatable bonds is 5. The summed E-state index contributed by atoms with van der Waals surface area (Å²) in [7, 11) is 1.60. The van der Waals surface area contributed by atoms with Crippen LogP contribution in [0, 0.1) is 5.82 Å². The van der Waals surface area contributed by atoms with Crippen LogP contribution in [-0.4, -0.2) is 50.7 Å². The molecule has 1 aliphatic heterocycles. The SMILES string of the molecule is COc1ccc(OCC(=O)N2CCN(c3ccccc3F)CC2)cc1. The molecule has 0 radical (unpaired) electrons. The van der Waals surface area contributed by atoms with E-state index in [1.54, 1.807) is 48.4 Å². The molecule has 0 saturated carbocycles. The Morgan fingerprint density at radius 2 is 1.64 bits per heavy atom. The fraction of sp³-hybridized carbons (Fsp3) is 0.316. The van der Waals surface area contributed by atoms with Crippen molar-refractivity contribution in [2.24, 2.45) is 0 Å². The number of methoxy groups -OCH3 is 1. The highest BCUT2D eigenvalue weighted by Crippen LogP contribution is 2.20. The van der Waals surface area contributed by atoms with Gasteiger partial charge in [0.15, 0.2) is 6.61 Å². The number of piperazine rings is 1. The van der Waals surface area contributed by atoms with Crippen molar-refractivity contribution in [1.29, 1.82) is 0 Å². The van der Waals surface area contributed by atoms with E-state index in [4.69, 9.17) is 9.47 Å². The molecule has 2 aromatic carbocycles. The Balaban J connectivity index is 1.49. The lowest BCUT2D eigenvalue weighted by molar-refractivity contribution is -0.133. The van der Waals surface area contributed by atoms with Crippen molar-refractivity contribution >= 4 is 11.6 Å². The monoisotopic (exact) mass is 344 g/mol. The second-order valence-electron chi connectivity index (χ2n) is 5.78. The first kappa shape index (κ1) is 17.1. The third kappa shape index (κ3) is 4.21. The molecule has 0 bridgehead atoms. The van der Waals surface area contributed by atoms with E-state index in [1.807, 2.05) is 11.0 Å². The summed E-state index contributed by atoms with van der Waals surface area (Å²) in [5.74, 6) is 1.07. The minimum atomic E-state index is -0.231. The summed E-state index contributed by atoms with van der Waals surface area (Å²) in [6.45, 7) is 2.31. The topological polar surface area (TPSA) is 42.0 Å². The summed E-state index contributed by atoms with van der Waals surface area (Å²) >= 11 is 0. The lowest BCUT2D eigenvalue weighted by Crippen LogP contribution is -2.50. The number of benzene rings is 2. The molecule has 2 aromatic rings. The molecule has 6 heteroatoms. The van der Waals surface area contributed by atoms with Crippen LogP contribution in [0.3, 0.4) is 0 Å². The average molecular weight is 344 g/mol. The molecule has 132 valence electrons. The zero-order valence-electron chi connectivity index (χ0n) is 14.2. The van der Waals surface area contributed by atoms with Crippen LogP contribution in [0.4, 0.5) is 10.1 Å². The van der Waals surface area contributed by atoms with Crippen LogP contribution in [0.15, 0.2) is 48.5 Å². The maximum Gasteiger partial charge on any atom is 0.260 e. The van der Waals surface area contributed by atoms with Crippen LogP contribution < -0.4 is 14.4 Å². The predicted octanol–water partition coefficient (Wildman–Crippen LogP) is 2.56. The summed E-state index contributed by atoms with van der Waals surface area (Å²) in [6.07, 6.45) is 0. The molecule has 1 heterocycles.